The van der Waals surface area contributed by atoms with Crippen LogP contribution < -0.4 is 5.32 Å². The topological polar surface area (TPSA) is 66.4 Å². The van der Waals surface area contributed by atoms with Gasteiger partial charge >= 0.3 is 5.97 Å². The molecule has 0 spiro atoms. The van der Waals surface area contributed by atoms with Crippen LogP contribution >= 0.6 is 0 Å². The van der Waals surface area contributed by atoms with E-state index in [4.69, 9.17) is 5.11 Å². The highest BCUT2D eigenvalue weighted by atomic mass is 16.4. The number of aliphatic carboxylic acids is 1. The van der Waals surface area contributed by atoms with Crippen molar-refractivity contribution < 1.29 is 14.7 Å². The van der Waals surface area contributed by atoms with E-state index in [0.717, 1.165) is 0 Å². The van der Waals surface area contributed by atoms with E-state index in [9.17, 15) is 9.59 Å². The molecule has 0 aliphatic heterocycles. The summed E-state index contributed by atoms with van der Waals surface area (Å²) in [5.41, 5.74) is 0.217. The van der Waals surface area contributed by atoms with Crippen LogP contribution in [-0.4, -0.2) is 17.5 Å². The second-order valence-electron chi connectivity index (χ2n) is 1.80. The van der Waals surface area contributed by atoms with Crippen molar-refractivity contribution in [2.24, 2.45) is 0 Å². The highest BCUT2D eigenvalue weighted by molar-refractivity contribution is 5.86. The Labute approximate surface area is 64.2 Å². The lowest BCUT2D eigenvalue weighted by Crippen LogP contribution is -1.98. The minimum Gasteiger partial charge on any atom is -0.478 e. The Morgan fingerprint density at radius 1 is 1.55 bits per heavy atom. The predicted molar refractivity (Wildman–Crippen MR) is 39.7 cm³/mol. The Bertz CT molecular complexity index is 206. The van der Waals surface area contributed by atoms with E-state index in [-0.39, 0.29) is 5.57 Å². The van der Waals surface area contributed by atoms with Crippen LogP contribution in [0.1, 0.15) is 6.92 Å². The molecule has 0 radical (unpaired) electrons. The van der Waals surface area contributed by atoms with Gasteiger partial charge in [-0.15, -0.1) is 0 Å². The fraction of sp³-hybridized carbons (Fsp3) is 0.143. The third-order valence-corrected chi connectivity index (χ3v) is 0.944. The molecular formula is C7H9NO3. The van der Waals surface area contributed by atoms with E-state index in [0.29, 0.717) is 6.41 Å². The number of carbonyl (C=O) groups is 2. The van der Waals surface area contributed by atoms with Crippen LogP contribution in [0.15, 0.2) is 23.9 Å². The van der Waals surface area contributed by atoms with E-state index in [1.54, 1.807) is 0 Å². The number of hydrogen-bond acceptors (Lipinski definition) is 2. The molecule has 0 aromatic heterocycles. The standard InChI is InChI=1S/C7H9NO3/c1-6(7(10)11)3-2-4-8-5-9/h2-5H,1H3,(H,8,9)(H,10,11)/b4-2-,6-3+. The molecule has 2 N–H and O–H groups in total. The van der Waals surface area contributed by atoms with Crippen molar-refractivity contribution in [3.05, 3.63) is 23.9 Å². The van der Waals surface area contributed by atoms with Crippen LogP contribution in [0.3, 0.4) is 0 Å². The molecular weight excluding hydrogens is 146 g/mol. The van der Waals surface area contributed by atoms with E-state index in [1.165, 1.54) is 25.3 Å². The first-order chi connectivity index (χ1) is 5.18. The van der Waals surface area contributed by atoms with Crippen LogP contribution in [0.2, 0.25) is 0 Å². The molecule has 0 aliphatic rings. The smallest absolute Gasteiger partial charge is 0.331 e. The molecule has 0 unspecified atom stereocenters. The summed E-state index contributed by atoms with van der Waals surface area (Å²) in [6, 6.07) is 0. The summed E-state index contributed by atoms with van der Waals surface area (Å²) in [5.74, 6) is -0.972. The number of nitrogens with one attached hydrogen (secondary N) is 1. The second kappa shape index (κ2) is 5.22. The normalized spacial score (nSPS) is 11.5. The fourth-order valence-corrected chi connectivity index (χ4v) is 0.359. The molecule has 11 heavy (non-hydrogen) atoms. The molecule has 0 saturated heterocycles. The molecule has 1 amide bonds. The summed E-state index contributed by atoms with van der Waals surface area (Å²) in [4.78, 5) is 19.9. The van der Waals surface area contributed by atoms with Gasteiger partial charge in [0.15, 0.2) is 0 Å². The first kappa shape index (κ1) is 9.42. The van der Waals surface area contributed by atoms with Crippen molar-refractivity contribution >= 4 is 12.4 Å². The first-order valence-electron chi connectivity index (χ1n) is 2.95. The summed E-state index contributed by atoms with van der Waals surface area (Å²) >= 11 is 0. The average molecular weight is 155 g/mol. The van der Waals surface area contributed by atoms with Gasteiger partial charge in [0, 0.05) is 11.8 Å². The fourth-order valence-electron chi connectivity index (χ4n) is 0.359. The maximum absolute atomic E-state index is 10.2. The highest BCUT2D eigenvalue weighted by Gasteiger charge is 1.94. The lowest BCUT2D eigenvalue weighted by molar-refractivity contribution is -0.132. The number of carboxylic acids is 1. The van der Waals surface area contributed by atoms with Crippen LogP contribution in [0.25, 0.3) is 0 Å². The SMILES string of the molecule is C/C(=C\C=C/NC=O)C(=O)O. The number of carboxylic acid groups (broad SMARTS) is 1. The predicted octanol–water partition coefficient (Wildman–Crippen LogP) is 0.277. The van der Waals surface area contributed by atoms with Gasteiger partial charge in [0.1, 0.15) is 0 Å². The lowest BCUT2D eigenvalue weighted by atomic mass is 10.3. The molecule has 0 atom stereocenters. The Morgan fingerprint density at radius 2 is 2.18 bits per heavy atom. The molecule has 0 fully saturated rings. The van der Waals surface area contributed by atoms with Gasteiger partial charge in [0.2, 0.25) is 6.41 Å². The van der Waals surface area contributed by atoms with Gasteiger partial charge in [-0.1, -0.05) is 6.08 Å². The van der Waals surface area contributed by atoms with Crippen molar-refractivity contribution in [1.82, 2.24) is 5.32 Å². The quantitative estimate of drug-likeness (QED) is 0.348. The second-order valence-corrected chi connectivity index (χ2v) is 1.80. The van der Waals surface area contributed by atoms with Crippen LogP contribution in [-0.2, 0) is 9.59 Å². The van der Waals surface area contributed by atoms with Crippen LogP contribution in [0, 0.1) is 0 Å². The van der Waals surface area contributed by atoms with E-state index < -0.39 is 5.97 Å². The van der Waals surface area contributed by atoms with Crippen LogP contribution in [0.5, 0.6) is 0 Å². The molecule has 0 rings (SSSR count). The van der Waals surface area contributed by atoms with E-state index in [1.807, 2.05) is 0 Å². The molecule has 0 aromatic rings. The zero-order valence-corrected chi connectivity index (χ0v) is 6.07. The third-order valence-electron chi connectivity index (χ3n) is 0.944. The van der Waals surface area contributed by atoms with E-state index >= 15 is 0 Å². The summed E-state index contributed by atoms with van der Waals surface area (Å²) in [6.07, 6.45) is 4.68. The van der Waals surface area contributed by atoms with Gasteiger partial charge in [0.05, 0.1) is 0 Å². The summed E-state index contributed by atoms with van der Waals surface area (Å²) in [6.45, 7) is 1.47. The van der Waals surface area contributed by atoms with Gasteiger partial charge < -0.3 is 10.4 Å². The molecule has 0 aromatic carbocycles. The number of carbonyl (C=O) groups excluding carboxylic acids is 1. The highest BCUT2D eigenvalue weighted by Crippen LogP contribution is 1.90. The summed E-state index contributed by atoms with van der Waals surface area (Å²) < 4.78 is 0. The molecule has 4 nitrogen and oxygen atoms in total. The number of amides is 1. The summed E-state index contributed by atoms with van der Waals surface area (Å²) in [5, 5.41) is 10.6. The molecule has 0 saturated carbocycles. The molecule has 0 aliphatic carbocycles. The maximum Gasteiger partial charge on any atom is 0.331 e. The monoisotopic (exact) mass is 155 g/mol. The summed E-state index contributed by atoms with van der Waals surface area (Å²) in [7, 11) is 0. The molecule has 60 valence electrons. The minimum atomic E-state index is -0.972. The van der Waals surface area contributed by atoms with Crippen molar-refractivity contribution in [3.63, 3.8) is 0 Å². The maximum atomic E-state index is 10.2. The lowest BCUT2D eigenvalue weighted by Gasteiger charge is -1.87. The minimum absolute atomic E-state index is 0.217. The zero-order valence-electron chi connectivity index (χ0n) is 6.07. The Morgan fingerprint density at radius 3 is 2.64 bits per heavy atom. The van der Waals surface area contributed by atoms with Crippen molar-refractivity contribution in [1.29, 1.82) is 0 Å². The van der Waals surface area contributed by atoms with E-state index in [2.05, 4.69) is 5.32 Å². The average Bonchev–Trinajstić information content (AvgIpc) is 1.97. The molecule has 0 bridgehead atoms. The van der Waals surface area contributed by atoms with Gasteiger partial charge in [-0.25, -0.2) is 4.79 Å². The van der Waals surface area contributed by atoms with Crippen molar-refractivity contribution in [2.75, 3.05) is 0 Å². The number of hydrogen-bond donors (Lipinski definition) is 2. The largest absolute Gasteiger partial charge is 0.478 e. The van der Waals surface area contributed by atoms with Gasteiger partial charge in [-0.2, -0.15) is 0 Å². The third kappa shape index (κ3) is 4.90. The Hall–Kier alpha value is -1.58. The van der Waals surface area contributed by atoms with Crippen molar-refractivity contribution in [2.45, 2.75) is 6.92 Å². The number of allylic oxidation sites excluding steroid dienone is 2. The van der Waals surface area contributed by atoms with Crippen LogP contribution in [0.4, 0.5) is 0 Å². The zero-order chi connectivity index (χ0) is 8.69. The van der Waals surface area contributed by atoms with Gasteiger partial charge in [0.25, 0.3) is 0 Å². The molecule has 0 heterocycles. The Kier molecular flexibility index (Phi) is 4.47. The Balaban J connectivity index is 3.90. The van der Waals surface area contributed by atoms with Gasteiger partial charge in [-0.05, 0) is 13.0 Å². The number of rotatable bonds is 4. The first-order valence-corrected chi connectivity index (χ1v) is 2.95. The van der Waals surface area contributed by atoms with Gasteiger partial charge in [-0.3, -0.25) is 4.79 Å². The molecule has 4 heteroatoms. The van der Waals surface area contributed by atoms with Crippen molar-refractivity contribution in [3.8, 4) is 0 Å².